The van der Waals surface area contributed by atoms with E-state index in [0.29, 0.717) is 23.5 Å². The Balaban J connectivity index is 1.91. The summed E-state index contributed by atoms with van der Waals surface area (Å²) in [5.41, 5.74) is 5.97. The van der Waals surface area contributed by atoms with E-state index in [9.17, 15) is 0 Å². The monoisotopic (exact) mass is 261 g/mol. The lowest BCUT2D eigenvalue weighted by atomic mass is 9.77. The van der Waals surface area contributed by atoms with Gasteiger partial charge in [0.15, 0.2) is 5.82 Å². The highest BCUT2D eigenvalue weighted by Crippen LogP contribution is 2.37. The number of aromatic nitrogens is 4. The topological polar surface area (TPSA) is 82.8 Å². The van der Waals surface area contributed by atoms with Crippen LogP contribution in [-0.2, 0) is 12.6 Å². The van der Waals surface area contributed by atoms with E-state index in [1.165, 1.54) is 6.42 Å². The van der Waals surface area contributed by atoms with Crippen molar-refractivity contribution in [2.75, 3.05) is 0 Å². The molecular weight excluding hydrogens is 242 g/mol. The highest BCUT2D eigenvalue weighted by Gasteiger charge is 2.38. The molecule has 102 valence electrons. The molecule has 1 aliphatic rings. The van der Waals surface area contributed by atoms with Gasteiger partial charge in [-0.15, -0.1) is 0 Å². The van der Waals surface area contributed by atoms with Crippen LogP contribution in [0.15, 0.2) is 16.9 Å². The molecule has 1 saturated carbocycles. The van der Waals surface area contributed by atoms with Crippen LogP contribution >= 0.6 is 0 Å². The average Bonchev–Trinajstić information content (AvgIpc) is 2.96. The second-order valence-corrected chi connectivity index (χ2v) is 5.64. The van der Waals surface area contributed by atoms with Gasteiger partial charge in [0.1, 0.15) is 0 Å². The third-order valence-corrected chi connectivity index (χ3v) is 3.91. The van der Waals surface area contributed by atoms with Gasteiger partial charge >= 0.3 is 0 Å². The zero-order chi connectivity index (χ0) is 13.5. The van der Waals surface area contributed by atoms with Crippen LogP contribution in [0.25, 0.3) is 11.6 Å². The normalized spacial score (nSPS) is 27.6. The summed E-state index contributed by atoms with van der Waals surface area (Å²) in [5, 5.41) is 4.02. The first-order valence-electron chi connectivity index (χ1n) is 6.69. The lowest BCUT2D eigenvalue weighted by Gasteiger charge is -2.33. The van der Waals surface area contributed by atoms with Gasteiger partial charge in [0.05, 0.1) is 5.54 Å². The summed E-state index contributed by atoms with van der Waals surface area (Å²) in [4.78, 5) is 8.68. The van der Waals surface area contributed by atoms with E-state index in [2.05, 4.69) is 22.0 Å². The van der Waals surface area contributed by atoms with Crippen molar-refractivity contribution in [3.63, 3.8) is 0 Å². The van der Waals surface area contributed by atoms with Gasteiger partial charge in [-0.1, -0.05) is 24.9 Å². The first kappa shape index (κ1) is 12.3. The summed E-state index contributed by atoms with van der Waals surface area (Å²) in [6.45, 7) is 2.22. The van der Waals surface area contributed by atoms with Gasteiger partial charge in [-0.25, -0.2) is 4.98 Å². The van der Waals surface area contributed by atoms with E-state index >= 15 is 0 Å². The molecule has 2 heterocycles. The lowest BCUT2D eigenvalue weighted by Crippen LogP contribution is -2.41. The van der Waals surface area contributed by atoms with Crippen molar-refractivity contribution in [3.8, 4) is 11.6 Å². The van der Waals surface area contributed by atoms with Crippen molar-refractivity contribution >= 4 is 0 Å². The zero-order valence-electron chi connectivity index (χ0n) is 11.3. The predicted octanol–water partition coefficient (Wildman–Crippen LogP) is 1.83. The maximum Gasteiger partial charge on any atom is 0.247 e. The minimum Gasteiger partial charge on any atom is -0.337 e. The number of rotatable bonds is 2. The summed E-state index contributed by atoms with van der Waals surface area (Å²) >= 11 is 0. The van der Waals surface area contributed by atoms with Gasteiger partial charge in [0.2, 0.25) is 11.7 Å². The Hall–Kier alpha value is -1.69. The molecule has 0 bridgehead atoms. The Kier molecular flexibility index (Phi) is 2.89. The molecule has 0 amide bonds. The average molecular weight is 261 g/mol. The molecule has 0 saturated heterocycles. The molecule has 0 aromatic carbocycles. The number of hydrogen-bond donors (Lipinski definition) is 1. The van der Waals surface area contributed by atoms with Crippen molar-refractivity contribution < 1.29 is 4.52 Å². The maximum atomic E-state index is 6.45. The molecule has 0 aliphatic heterocycles. The molecule has 1 aliphatic carbocycles. The Labute approximate surface area is 112 Å². The molecule has 2 atom stereocenters. The Morgan fingerprint density at radius 1 is 1.53 bits per heavy atom. The molecule has 3 rings (SSSR count). The summed E-state index contributed by atoms with van der Waals surface area (Å²) < 4.78 is 7.26. The minimum absolute atomic E-state index is 0.478. The lowest BCUT2D eigenvalue weighted by molar-refractivity contribution is 0.183. The van der Waals surface area contributed by atoms with Crippen molar-refractivity contribution in [3.05, 3.63) is 18.3 Å². The smallest absolute Gasteiger partial charge is 0.247 e. The van der Waals surface area contributed by atoms with Gasteiger partial charge in [0.25, 0.3) is 0 Å². The maximum absolute atomic E-state index is 6.45. The highest BCUT2D eigenvalue weighted by molar-refractivity contribution is 5.42. The predicted molar refractivity (Wildman–Crippen MR) is 70.0 cm³/mol. The molecule has 2 aromatic heterocycles. The molecule has 19 heavy (non-hydrogen) atoms. The quantitative estimate of drug-likeness (QED) is 0.891. The minimum atomic E-state index is -0.478. The molecule has 0 radical (unpaired) electrons. The molecule has 6 nitrogen and oxygen atoms in total. The zero-order valence-corrected chi connectivity index (χ0v) is 11.3. The number of nitrogens with two attached hydrogens (primary N) is 1. The van der Waals surface area contributed by atoms with Crippen molar-refractivity contribution in [1.29, 1.82) is 0 Å². The molecule has 2 N–H and O–H groups in total. The number of nitrogens with zero attached hydrogens (tertiary/aromatic N) is 4. The van der Waals surface area contributed by atoms with Crippen LogP contribution in [0.1, 0.15) is 38.5 Å². The van der Waals surface area contributed by atoms with E-state index < -0.39 is 5.54 Å². The van der Waals surface area contributed by atoms with Crippen molar-refractivity contribution in [1.82, 2.24) is 19.7 Å². The van der Waals surface area contributed by atoms with Crippen molar-refractivity contribution in [2.45, 2.75) is 38.1 Å². The van der Waals surface area contributed by atoms with Gasteiger partial charge < -0.3 is 14.8 Å². The summed E-state index contributed by atoms with van der Waals surface area (Å²) in [5.74, 6) is 2.34. The van der Waals surface area contributed by atoms with Crippen LogP contribution in [0, 0.1) is 5.92 Å². The summed E-state index contributed by atoms with van der Waals surface area (Å²) in [6, 6.07) is 0. The van der Waals surface area contributed by atoms with Gasteiger partial charge in [0, 0.05) is 19.4 Å². The first-order chi connectivity index (χ1) is 9.08. The van der Waals surface area contributed by atoms with E-state index in [-0.39, 0.29) is 0 Å². The Morgan fingerprint density at radius 2 is 2.37 bits per heavy atom. The van der Waals surface area contributed by atoms with Gasteiger partial charge in [-0.05, 0) is 18.8 Å². The van der Waals surface area contributed by atoms with Crippen LogP contribution in [0.2, 0.25) is 0 Å². The van der Waals surface area contributed by atoms with Crippen LogP contribution < -0.4 is 5.73 Å². The fourth-order valence-electron chi connectivity index (χ4n) is 2.88. The van der Waals surface area contributed by atoms with Crippen LogP contribution in [0.5, 0.6) is 0 Å². The number of imidazole rings is 1. The summed E-state index contributed by atoms with van der Waals surface area (Å²) in [6.07, 6.45) is 7.70. The molecular formula is C13H19N5O. The SMILES string of the molecule is CC1CCCC(N)(c2nc(-c3nccn3C)no2)C1. The third-order valence-electron chi connectivity index (χ3n) is 3.91. The molecule has 2 aromatic rings. The van der Waals surface area contributed by atoms with Gasteiger partial charge in [-0.2, -0.15) is 4.98 Å². The number of hydrogen-bond acceptors (Lipinski definition) is 5. The first-order valence-corrected chi connectivity index (χ1v) is 6.69. The highest BCUT2D eigenvalue weighted by atomic mass is 16.5. The van der Waals surface area contributed by atoms with Gasteiger partial charge in [-0.3, -0.25) is 0 Å². The molecule has 1 fully saturated rings. The fraction of sp³-hybridized carbons (Fsp3) is 0.615. The molecule has 6 heteroatoms. The molecule has 0 spiro atoms. The standard InChI is InChI=1S/C13H19N5O/c1-9-4-3-5-13(14,8-9)12-16-10(17-19-12)11-15-6-7-18(11)2/h6-7,9H,3-5,8,14H2,1-2H3. The Bertz CT molecular complexity index is 575. The van der Waals surface area contributed by atoms with E-state index in [1.54, 1.807) is 6.20 Å². The summed E-state index contributed by atoms with van der Waals surface area (Å²) in [7, 11) is 1.90. The van der Waals surface area contributed by atoms with E-state index in [4.69, 9.17) is 10.3 Å². The third kappa shape index (κ3) is 2.16. The van der Waals surface area contributed by atoms with E-state index in [1.807, 2.05) is 17.8 Å². The second-order valence-electron chi connectivity index (χ2n) is 5.64. The fourth-order valence-corrected chi connectivity index (χ4v) is 2.88. The Morgan fingerprint density at radius 3 is 3.05 bits per heavy atom. The van der Waals surface area contributed by atoms with Crippen molar-refractivity contribution in [2.24, 2.45) is 18.7 Å². The number of aryl methyl sites for hydroxylation is 1. The largest absolute Gasteiger partial charge is 0.337 e. The van der Waals surface area contributed by atoms with Crippen LogP contribution in [-0.4, -0.2) is 19.7 Å². The van der Waals surface area contributed by atoms with Crippen LogP contribution in [0.3, 0.4) is 0 Å². The second kappa shape index (κ2) is 4.45. The van der Waals surface area contributed by atoms with Crippen LogP contribution in [0.4, 0.5) is 0 Å². The van der Waals surface area contributed by atoms with E-state index in [0.717, 1.165) is 19.3 Å². The molecule has 2 unspecified atom stereocenters.